The average molecular weight is 450 g/mol. The smallest absolute Gasteiger partial charge is 0.252 e. The standard InChI is InChI=1S/C27H35N3O3/c1-33-24-14-12-23(13-15-24)26(31)28-25(22-10-6-3-7-11-22)27(32)30-18-16-29(17-19-30)20-21-8-4-2-5-9-21/h3,6-7,10-15,21,25H,2,4-5,8-9,16-20H2,1H3,(H,28,31)/t25-/m1/s1. The third-order valence-electron chi connectivity index (χ3n) is 6.93. The van der Waals surface area contributed by atoms with Crippen LogP contribution in [0.2, 0.25) is 0 Å². The molecule has 0 spiro atoms. The lowest BCUT2D eigenvalue weighted by Crippen LogP contribution is -2.52. The van der Waals surface area contributed by atoms with E-state index in [0.29, 0.717) is 24.4 Å². The first kappa shape index (κ1) is 23.3. The molecule has 1 N–H and O–H groups in total. The number of ether oxygens (including phenoxy) is 1. The van der Waals surface area contributed by atoms with E-state index in [2.05, 4.69) is 10.2 Å². The molecule has 1 saturated carbocycles. The molecular weight excluding hydrogens is 414 g/mol. The summed E-state index contributed by atoms with van der Waals surface area (Å²) in [6.07, 6.45) is 6.77. The van der Waals surface area contributed by atoms with E-state index in [-0.39, 0.29) is 11.8 Å². The Morgan fingerprint density at radius 3 is 2.24 bits per heavy atom. The van der Waals surface area contributed by atoms with Gasteiger partial charge in [-0.2, -0.15) is 0 Å². The topological polar surface area (TPSA) is 61.9 Å². The molecule has 0 bridgehead atoms. The Balaban J connectivity index is 1.40. The van der Waals surface area contributed by atoms with Crippen LogP contribution in [0.4, 0.5) is 0 Å². The van der Waals surface area contributed by atoms with E-state index in [0.717, 1.165) is 31.1 Å². The van der Waals surface area contributed by atoms with Crippen molar-refractivity contribution in [1.82, 2.24) is 15.1 Å². The van der Waals surface area contributed by atoms with Gasteiger partial charge < -0.3 is 15.0 Å². The van der Waals surface area contributed by atoms with E-state index in [9.17, 15) is 9.59 Å². The Kier molecular flexibility index (Phi) is 8.00. The van der Waals surface area contributed by atoms with Gasteiger partial charge in [-0.15, -0.1) is 0 Å². The third kappa shape index (κ3) is 6.14. The Morgan fingerprint density at radius 2 is 1.61 bits per heavy atom. The van der Waals surface area contributed by atoms with E-state index in [1.807, 2.05) is 35.2 Å². The lowest BCUT2D eigenvalue weighted by molar-refractivity contribution is -0.135. The minimum absolute atomic E-state index is 0.0413. The quantitative estimate of drug-likeness (QED) is 0.697. The van der Waals surface area contributed by atoms with E-state index in [4.69, 9.17) is 4.74 Å². The number of amides is 2. The van der Waals surface area contributed by atoms with Crippen LogP contribution in [0.5, 0.6) is 5.75 Å². The molecule has 1 aliphatic carbocycles. The first-order chi connectivity index (χ1) is 16.1. The van der Waals surface area contributed by atoms with Crippen LogP contribution in [-0.2, 0) is 4.79 Å². The minimum Gasteiger partial charge on any atom is -0.497 e. The van der Waals surface area contributed by atoms with Gasteiger partial charge in [-0.3, -0.25) is 14.5 Å². The van der Waals surface area contributed by atoms with E-state index in [1.54, 1.807) is 31.4 Å². The number of hydrogen-bond acceptors (Lipinski definition) is 4. The van der Waals surface area contributed by atoms with Gasteiger partial charge in [-0.25, -0.2) is 0 Å². The second kappa shape index (κ2) is 11.3. The third-order valence-corrected chi connectivity index (χ3v) is 6.93. The molecule has 2 amide bonds. The lowest BCUT2D eigenvalue weighted by atomic mass is 9.89. The van der Waals surface area contributed by atoms with Crippen LogP contribution in [0.3, 0.4) is 0 Å². The van der Waals surface area contributed by atoms with Crippen LogP contribution in [0.15, 0.2) is 54.6 Å². The lowest BCUT2D eigenvalue weighted by Gasteiger charge is -2.38. The summed E-state index contributed by atoms with van der Waals surface area (Å²) in [7, 11) is 1.59. The molecule has 1 saturated heterocycles. The Labute approximate surface area is 196 Å². The SMILES string of the molecule is COc1ccc(C(=O)N[C@@H](C(=O)N2CCN(CC3CCCCC3)CC2)c2ccccc2)cc1. The minimum atomic E-state index is -0.703. The molecule has 2 aromatic rings. The number of carbonyl (C=O) groups excluding carboxylic acids is 2. The molecule has 2 aliphatic rings. The molecule has 33 heavy (non-hydrogen) atoms. The zero-order valence-electron chi connectivity index (χ0n) is 19.5. The number of benzene rings is 2. The fourth-order valence-electron chi connectivity index (χ4n) is 4.96. The van der Waals surface area contributed by atoms with Gasteiger partial charge >= 0.3 is 0 Å². The fourth-order valence-corrected chi connectivity index (χ4v) is 4.96. The monoisotopic (exact) mass is 449 g/mol. The largest absolute Gasteiger partial charge is 0.497 e. The van der Waals surface area contributed by atoms with Gasteiger partial charge in [0.1, 0.15) is 11.8 Å². The average Bonchev–Trinajstić information content (AvgIpc) is 2.88. The molecule has 1 heterocycles. The normalized spacial score (nSPS) is 18.5. The van der Waals surface area contributed by atoms with Crippen molar-refractivity contribution in [3.8, 4) is 5.75 Å². The molecule has 0 unspecified atom stereocenters. The van der Waals surface area contributed by atoms with Crippen LogP contribution in [0.1, 0.15) is 54.1 Å². The molecule has 1 atom stereocenters. The zero-order chi connectivity index (χ0) is 23.0. The number of hydrogen-bond donors (Lipinski definition) is 1. The first-order valence-corrected chi connectivity index (χ1v) is 12.1. The van der Waals surface area contributed by atoms with Crippen molar-refractivity contribution in [2.45, 2.75) is 38.1 Å². The fraction of sp³-hybridized carbons (Fsp3) is 0.481. The van der Waals surface area contributed by atoms with Gasteiger partial charge in [0.2, 0.25) is 5.91 Å². The highest BCUT2D eigenvalue weighted by Crippen LogP contribution is 2.25. The van der Waals surface area contributed by atoms with Crippen LogP contribution in [0, 0.1) is 5.92 Å². The van der Waals surface area contributed by atoms with Crippen molar-refractivity contribution in [2.75, 3.05) is 39.8 Å². The summed E-state index contributed by atoms with van der Waals surface area (Å²) in [4.78, 5) is 30.9. The van der Waals surface area contributed by atoms with Crippen LogP contribution in [0.25, 0.3) is 0 Å². The van der Waals surface area contributed by atoms with Crippen molar-refractivity contribution in [3.05, 3.63) is 65.7 Å². The summed E-state index contributed by atoms with van der Waals surface area (Å²) in [5.74, 6) is 1.19. The predicted octanol–water partition coefficient (Wildman–Crippen LogP) is 3.89. The van der Waals surface area contributed by atoms with Gasteiger partial charge in [0, 0.05) is 38.3 Å². The molecule has 6 nitrogen and oxygen atoms in total. The summed E-state index contributed by atoms with van der Waals surface area (Å²) < 4.78 is 5.18. The maximum atomic E-state index is 13.5. The van der Waals surface area contributed by atoms with E-state index in [1.165, 1.54) is 32.1 Å². The number of nitrogens with one attached hydrogen (secondary N) is 1. The highest BCUT2D eigenvalue weighted by atomic mass is 16.5. The molecule has 2 aromatic carbocycles. The number of carbonyl (C=O) groups is 2. The summed E-state index contributed by atoms with van der Waals surface area (Å²) >= 11 is 0. The van der Waals surface area contributed by atoms with Crippen molar-refractivity contribution >= 4 is 11.8 Å². The molecular formula is C27H35N3O3. The van der Waals surface area contributed by atoms with Gasteiger partial charge in [0.05, 0.1) is 7.11 Å². The summed E-state index contributed by atoms with van der Waals surface area (Å²) in [6.45, 7) is 4.35. The van der Waals surface area contributed by atoms with Gasteiger partial charge in [-0.05, 0) is 48.6 Å². The molecule has 4 rings (SSSR count). The van der Waals surface area contributed by atoms with Gasteiger partial charge in [0.25, 0.3) is 5.91 Å². The highest BCUT2D eigenvalue weighted by Gasteiger charge is 2.30. The van der Waals surface area contributed by atoms with Crippen LogP contribution < -0.4 is 10.1 Å². The molecule has 0 aromatic heterocycles. The number of rotatable bonds is 7. The zero-order valence-corrected chi connectivity index (χ0v) is 19.5. The molecule has 6 heteroatoms. The van der Waals surface area contributed by atoms with Gasteiger partial charge in [0.15, 0.2) is 0 Å². The second-order valence-corrected chi connectivity index (χ2v) is 9.18. The highest BCUT2D eigenvalue weighted by molar-refractivity contribution is 5.98. The number of nitrogens with zero attached hydrogens (tertiary/aromatic N) is 2. The van der Waals surface area contributed by atoms with E-state index >= 15 is 0 Å². The Hall–Kier alpha value is -2.86. The predicted molar refractivity (Wildman–Crippen MR) is 129 cm³/mol. The number of methoxy groups -OCH3 is 1. The second-order valence-electron chi connectivity index (χ2n) is 9.18. The molecule has 2 fully saturated rings. The number of piperazine rings is 1. The van der Waals surface area contributed by atoms with Crippen LogP contribution >= 0.6 is 0 Å². The Morgan fingerprint density at radius 1 is 0.939 bits per heavy atom. The molecule has 0 radical (unpaired) electrons. The van der Waals surface area contributed by atoms with E-state index < -0.39 is 6.04 Å². The molecule has 1 aliphatic heterocycles. The van der Waals surface area contributed by atoms with Gasteiger partial charge in [-0.1, -0.05) is 49.6 Å². The molecule has 176 valence electrons. The first-order valence-electron chi connectivity index (χ1n) is 12.1. The van der Waals surface area contributed by atoms with Crippen LogP contribution in [-0.4, -0.2) is 61.4 Å². The van der Waals surface area contributed by atoms with Crippen molar-refractivity contribution < 1.29 is 14.3 Å². The summed E-state index contributed by atoms with van der Waals surface area (Å²) in [6, 6.07) is 15.7. The summed E-state index contributed by atoms with van der Waals surface area (Å²) in [5, 5.41) is 2.98. The van der Waals surface area contributed by atoms with Crippen molar-refractivity contribution in [3.63, 3.8) is 0 Å². The maximum absolute atomic E-state index is 13.5. The maximum Gasteiger partial charge on any atom is 0.252 e. The van der Waals surface area contributed by atoms with Crippen molar-refractivity contribution in [2.24, 2.45) is 5.92 Å². The van der Waals surface area contributed by atoms with Crippen molar-refractivity contribution in [1.29, 1.82) is 0 Å². The Bertz CT molecular complexity index is 902. The summed E-state index contributed by atoms with van der Waals surface area (Å²) in [5.41, 5.74) is 1.30.